The summed E-state index contributed by atoms with van der Waals surface area (Å²) in [6.07, 6.45) is 8.70. The summed E-state index contributed by atoms with van der Waals surface area (Å²) in [5, 5.41) is 41.5. The fraction of sp³-hybridized carbons (Fsp3) is 0.667. The van der Waals surface area contributed by atoms with Crippen molar-refractivity contribution in [3.63, 3.8) is 0 Å². The van der Waals surface area contributed by atoms with Crippen molar-refractivity contribution in [2.75, 3.05) is 20.3 Å². The van der Waals surface area contributed by atoms with E-state index in [4.69, 9.17) is 4.74 Å². The molecule has 6 aliphatic rings. The van der Waals surface area contributed by atoms with Crippen molar-refractivity contribution in [1.82, 2.24) is 4.90 Å². The number of aliphatic hydroxyl groups excluding tert-OH is 3. The lowest BCUT2D eigenvalue weighted by Gasteiger charge is -2.62. The van der Waals surface area contributed by atoms with Crippen LogP contribution in [0.2, 0.25) is 0 Å². The minimum absolute atomic E-state index is 0.00367. The van der Waals surface area contributed by atoms with E-state index in [1.807, 2.05) is 30.3 Å². The highest BCUT2D eigenvalue weighted by Gasteiger charge is 2.75. The van der Waals surface area contributed by atoms with Gasteiger partial charge >= 0.3 is 5.97 Å². The van der Waals surface area contributed by atoms with Gasteiger partial charge in [-0.25, -0.2) is 4.39 Å². The van der Waals surface area contributed by atoms with Crippen molar-refractivity contribution in [2.24, 2.45) is 28.6 Å². The number of ketones is 2. The molecular formula is C39H52FNO8. The lowest BCUT2D eigenvalue weighted by Crippen LogP contribution is -2.69. The lowest BCUT2D eigenvalue weighted by atomic mass is 9.44. The molecule has 10 heteroatoms. The molecule has 2 bridgehead atoms. The van der Waals surface area contributed by atoms with E-state index < -0.39 is 58.3 Å². The molecule has 4 N–H and O–H groups in total. The zero-order chi connectivity index (χ0) is 35.5. The maximum absolute atomic E-state index is 16.9. The Balaban J connectivity index is 0.000000177. The minimum Gasteiger partial charge on any atom is -0.462 e. The standard InChI is InChI=1S/C22H29FO5.C17H23NO3/c1-12-8-16-15-5-4-13-9-14(25)6-7-19(13,2)21(15,23)17(26)10-20(16,3)22(12,28)18(27)11-24;1-18-13-7-8-14(18)10-15(9-13)21-17(20)16(11-19)12-5-3-2-4-6-12/h6-7,9,12,15-17,24,26,28H,4-5,8,10-11H2,1-3H3;2-6,13-16,19H,7-11H2,1H3/t12-,15+,16+,17+,19+,20+,21+,22+;13-,14+,15+,16?/m1./s1. The predicted octanol–water partition coefficient (Wildman–Crippen LogP) is 3.83. The van der Waals surface area contributed by atoms with Gasteiger partial charge < -0.3 is 30.1 Å². The molecule has 0 amide bonds. The third kappa shape index (κ3) is 5.48. The number of benzene rings is 1. The number of esters is 1. The number of hydrogen-bond acceptors (Lipinski definition) is 9. The second-order valence-corrected chi connectivity index (χ2v) is 16.0. The molecule has 1 unspecified atom stereocenters. The van der Waals surface area contributed by atoms with Crippen molar-refractivity contribution in [1.29, 1.82) is 0 Å². The zero-order valence-corrected chi connectivity index (χ0v) is 29.1. The van der Waals surface area contributed by atoms with Crippen LogP contribution in [0.15, 0.2) is 54.1 Å². The molecule has 0 aromatic heterocycles. The topological polar surface area (TPSA) is 145 Å². The van der Waals surface area contributed by atoms with Gasteiger partial charge in [-0.2, -0.15) is 0 Å². The van der Waals surface area contributed by atoms with Crippen LogP contribution in [-0.4, -0.2) is 98.7 Å². The van der Waals surface area contributed by atoms with Gasteiger partial charge in [0, 0.05) is 28.8 Å². The van der Waals surface area contributed by atoms with Crippen LogP contribution in [0.25, 0.3) is 0 Å². The summed E-state index contributed by atoms with van der Waals surface area (Å²) in [5.41, 5.74) is -4.35. The first-order valence-corrected chi connectivity index (χ1v) is 17.9. The van der Waals surface area contributed by atoms with Gasteiger partial charge in [-0.15, -0.1) is 0 Å². The first-order valence-electron chi connectivity index (χ1n) is 17.9. The normalized spacial score (nSPS) is 42.9. The van der Waals surface area contributed by atoms with E-state index in [0.717, 1.165) is 18.4 Å². The van der Waals surface area contributed by atoms with Gasteiger partial charge in [-0.05, 0) is 94.9 Å². The summed E-state index contributed by atoms with van der Waals surface area (Å²) in [4.78, 5) is 39.2. The van der Waals surface area contributed by atoms with Gasteiger partial charge in [-0.1, -0.05) is 55.8 Å². The van der Waals surface area contributed by atoms with E-state index in [1.54, 1.807) is 26.8 Å². The first kappa shape index (κ1) is 36.0. The number of hydrogen-bond donors (Lipinski definition) is 4. The summed E-state index contributed by atoms with van der Waals surface area (Å²) in [6, 6.07) is 10.5. The molecule has 3 saturated carbocycles. The number of fused-ring (bicyclic) bond motifs is 7. The number of halogens is 1. The molecule has 2 aliphatic heterocycles. The van der Waals surface area contributed by atoms with E-state index in [-0.39, 0.29) is 36.8 Å². The maximum Gasteiger partial charge on any atom is 0.316 e. The average Bonchev–Trinajstić information content (AvgIpc) is 3.39. The van der Waals surface area contributed by atoms with Gasteiger partial charge in [0.2, 0.25) is 0 Å². The van der Waals surface area contributed by atoms with Crippen LogP contribution in [-0.2, 0) is 19.1 Å². The summed E-state index contributed by atoms with van der Waals surface area (Å²) < 4.78 is 22.6. The highest BCUT2D eigenvalue weighted by atomic mass is 19.1. The Bertz CT molecular complexity index is 1500. The van der Waals surface area contributed by atoms with Gasteiger partial charge in [-0.3, -0.25) is 14.4 Å². The number of carbonyl (C=O) groups excluding carboxylic acids is 3. The highest BCUT2D eigenvalue weighted by Crippen LogP contribution is 2.70. The van der Waals surface area contributed by atoms with Crippen molar-refractivity contribution in [2.45, 2.75) is 114 Å². The van der Waals surface area contributed by atoms with Crippen LogP contribution < -0.4 is 0 Å². The quantitative estimate of drug-likeness (QED) is 0.330. The van der Waals surface area contributed by atoms with Crippen LogP contribution in [0.3, 0.4) is 0 Å². The number of piperidine rings is 1. The summed E-state index contributed by atoms with van der Waals surface area (Å²) in [7, 11) is 2.17. The fourth-order valence-corrected chi connectivity index (χ4v) is 11.0. The molecule has 5 fully saturated rings. The molecular weight excluding hydrogens is 629 g/mol. The van der Waals surface area contributed by atoms with Crippen molar-refractivity contribution < 1.29 is 43.9 Å². The first-order chi connectivity index (χ1) is 23.1. The minimum atomic E-state index is -1.98. The van der Waals surface area contributed by atoms with Crippen molar-refractivity contribution >= 4 is 17.5 Å². The van der Waals surface area contributed by atoms with Crippen LogP contribution in [0.1, 0.15) is 83.6 Å². The van der Waals surface area contributed by atoms with Crippen LogP contribution in [0.5, 0.6) is 0 Å². The van der Waals surface area contributed by atoms with E-state index >= 15 is 4.39 Å². The molecule has 1 aromatic rings. The Hall–Kier alpha value is -2.76. The third-order valence-electron chi connectivity index (χ3n) is 13.8. The molecule has 7 rings (SSSR count). The second kappa shape index (κ2) is 13.1. The van der Waals surface area contributed by atoms with Crippen LogP contribution >= 0.6 is 0 Å². The predicted molar refractivity (Wildman–Crippen MR) is 180 cm³/mol. The number of Topliss-reactive ketones (excluding diaryl/α,β-unsaturated/α-hetero) is 1. The van der Waals surface area contributed by atoms with E-state index in [1.165, 1.54) is 25.0 Å². The van der Waals surface area contributed by atoms with Gasteiger partial charge in [0.1, 0.15) is 24.2 Å². The lowest BCUT2D eigenvalue weighted by molar-refractivity contribution is -0.219. The number of allylic oxidation sites excluding steroid dienone is 4. The molecule has 1 aromatic carbocycles. The molecule has 2 saturated heterocycles. The number of alkyl halides is 1. The Morgan fingerprint density at radius 2 is 1.69 bits per heavy atom. The third-order valence-corrected chi connectivity index (χ3v) is 13.8. The van der Waals surface area contributed by atoms with Crippen LogP contribution in [0, 0.1) is 28.6 Å². The van der Waals surface area contributed by atoms with Gasteiger partial charge in [0.15, 0.2) is 17.2 Å². The number of rotatable bonds is 6. The second-order valence-electron chi connectivity index (χ2n) is 16.0. The molecule has 0 spiro atoms. The summed E-state index contributed by atoms with van der Waals surface area (Å²) >= 11 is 0. The SMILES string of the molecule is CN1[C@@H]2CC[C@H]1C[C@@H](OC(=O)C(CO)c1ccccc1)C2.C[C@@H]1C[C@H]2[C@@H]3CCC4=CC(=O)C=C[C@]4(C)[C@@]3(F)[C@@H](O)C[C@]2(C)[C@@]1(O)C(=O)CO. The molecule has 12 atom stereocenters. The van der Waals surface area contributed by atoms with Crippen molar-refractivity contribution in [3.05, 3.63) is 59.7 Å². The number of ether oxygens (including phenoxy) is 1. The average molecular weight is 682 g/mol. The zero-order valence-electron chi connectivity index (χ0n) is 29.1. The Labute approximate surface area is 288 Å². The molecule has 9 nitrogen and oxygen atoms in total. The summed E-state index contributed by atoms with van der Waals surface area (Å²) in [5.74, 6) is -2.98. The van der Waals surface area contributed by atoms with E-state index in [9.17, 15) is 34.8 Å². The largest absolute Gasteiger partial charge is 0.462 e. The Morgan fingerprint density at radius 3 is 2.31 bits per heavy atom. The fourth-order valence-electron chi connectivity index (χ4n) is 11.0. The number of nitrogens with zero attached hydrogens (tertiary/aromatic N) is 1. The molecule has 4 aliphatic carbocycles. The molecule has 2 heterocycles. The van der Waals surface area contributed by atoms with E-state index in [2.05, 4.69) is 11.9 Å². The van der Waals surface area contributed by atoms with Crippen LogP contribution in [0.4, 0.5) is 4.39 Å². The Morgan fingerprint density at radius 1 is 1.04 bits per heavy atom. The molecule has 0 radical (unpaired) electrons. The maximum atomic E-state index is 16.9. The highest BCUT2D eigenvalue weighted by molar-refractivity contribution is 6.01. The van der Waals surface area contributed by atoms with Gasteiger partial charge in [0.25, 0.3) is 0 Å². The number of aliphatic hydroxyl groups is 4. The molecule has 49 heavy (non-hydrogen) atoms. The smallest absolute Gasteiger partial charge is 0.316 e. The molecule has 268 valence electrons. The van der Waals surface area contributed by atoms with Crippen molar-refractivity contribution in [3.8, 4) is 0 Å². The number of carbonyl (C=O) groups is 3. The summed E-state index contributed by atoms with van der Waals surface area (Å²) in [6.45, 7) is 4.27. The monoisotopic (exact) mass is 681 g/mol. The van der Waals surface area contributed by atoms with Gasteiger partial charge in [0.05, 0.1) is 12.7 Å². The van der Waals surface area contributed by atoms with E-state index in [0.29, 0.717) is 36.9 Å². The Kier molecular flexibility index (Phi) is 9.63.